The number of hydrogen-bond donors (Lipinski definition) is 0. The number of nitriles is 1. The lowest BCUT2D eigenvalue weighted by Gasteiger charge is -2.24. The van der Waals surface area contributed by atoms with Gasteiger partial charge in [-0.15, -0.1) is 0 Å². The standard InChI is InChI=1S/C13H24N2O3/c1-13(2,11-14)6-8-15(9-10-17-3)7-5-12(16)18-4/h5-10H2,1-4H3. The molecule has 5 heteroatoms. The summed E-state index contributed by atoms with van der Waals surface area (Å²) >= 11 is 0. The van der Waals surface area contributed by atoms with Crippen LogP contribution in [-0.4, -0.2) is 51.3 Å². The Balaban J connectivity index is 4.14. The highest BCUT2D eigenvalue weighted by Crippen LogP contribution is 2.18. The van der Waals surface area contributed by atoms with Crippen molar-refractivity contribution in [1.29, 1.82) is 5.26 Å². The molecule has 0 fully saturated rings. The van der Waals surface area contributed by atoms with E-state index in [9.17, 15) is 4.79 Å². The highest BCUT2D eigenvalue weighted by Gasteiger charge is 2.18. The zero-order valence-corrected chi connectivity index (χ0v) is 11.9. The zero-order valence-electron chi connectivity index (χ0n) is 11.9. The van der Waals surface area contributed by atoms with Crippen molar-refractivity contribution in [2.45, 2.75) is 26.7 Å². The molecule has 0 saturated heterocycles. The number of carbonyl (C=O) groups excluding carboxylic acids is 1. The maximum absolute atomic E-state index is 11.1. The fourth-order valence-corrected chi connectivity index (χ4v) is 1.40. The van der Waals surface area contributed by atoms with Gasteiger partial charge in [0.25, 0.3) is 0 Å². The summed E-state index contributed by atoms with van der Waals surface area (Å²) in [6.45, 7) is 6.63. The van der Waals surface area contributed by atoms with E-state index in [-0.39, 0.29) is 11.4 Å². The first-order valence-corrected chi connectivity index (χ1v) is 6.14. The van der Waals surface area contributed by atoms with E-state index in [1.165, 1.54) is 7.11 Å². The smallest absolute Gasteiger partial charge is 0.306 e. The maximum atomic E-state index is 11.1. The van der Waals surface area contributed by atoms with E-state index < -0.39 is 0 Å². The molecule has 0 heterocycles. The van der Waals surface area contributed by atoms with Crippen molar-refractivity contribution in [3.05, 3.63) is 0 Å². The van der Waals surface area contributed by atoms with Crippen molar-refractivity contribution in [1.82, 2.24) is 4.90 Å². The highest BCUT2D eigenvalue weighted by atomic mass is 16.5. The van der Waals surface area contributed by atoms with Crippen LogP contribution in [0.1, 0.15) is 26.7 Å². The van der Waals surface area contributed by atoms with Crippen LogP contribution >= 0.6 is 0 Å². The van der Waals surface area contributed by atoms with E-state index in [1.807, 2.05) is 13.8 Å². The van der Waals surface area contributed by atoms with Crippen LogP contribution in [0.15, 0.2) is 0 Å². The van der Waals surface area contributed by atoms with Gasteiger partial charge in [0.15, 0.2) is 0 Å². The Bertz CT molecular complexity index is 284. The van der Waals surface area contributed by atoms with Crippen LogP contribution in [0.3, 0.4) is 0 Å². The summed E-state index contributed by atoms with van der Waals surface area (Å²) in [5.41, 5.74) is -0.337. The summed E-state index contributed by atoms with van der Waals surface area (Å²) in [5.74, 6) is -0.211. The molecule has 0 unspecified atom stereocenters. The van der Waals surface area contributed by atoms with Gasteiger partial charge < -0.3 is 14.4 Å². The summed E-state index contributed by atoms with van der Waals surface area (Å²) in [6.07, 6.45) is 1.14. The second-order valence-corrected chi connectivity index (χ2v) is 4.91. The first-order valence-electron chi connectivity index (χ1n) is 6.14. The molecule has 0 aromatic heterocycles. The van der Waals surface area contributed by atoms with Crippen LogP contribution in [0, 0.1) is 16.7 Å². The van der Waals surface area contributed by atoms with Crippen molar-refractivity contribution < 1.29 is 14.3 Å². The molecule has 0 spiro atoms. The summed E-state index contributed by atoms with van der Waals surface area (Å²) in [4.78, 5) is 13.2. The predicted octanol–water partition coefficient (Wildman–Crippen LogP) is 1.44. The van der Waals surface area contributed by atoms with E-state index in [0.717, 1.165) is 19.5 Å². The van der Waals surface area contributed by atoms with Crippen molar-refractivity contribution >= 4 is 5.97 Å². The van der Waals surface area contributed by atoms with Gasteiger partial charge in [-0.1, -0.05) is 0 Å². The van der Waals surface area contributed by atoms with Gasteiger partial charge >= 0.3 is 5.97 Å². The Labute approximate surface area is 110 Å². The van der Waals surface area contributed by atoms with Crippen molar-refractivity contribution in [2.24, 2.45) is 5.41 Å². The molecular formula is C13H24N2O3. The Kier molecular flexibility index (Phi) is 8.34. The quantitative estimate of drug-likeness (QED) is 0.584. The van der Waals surface area contributed by atoms with Crippen LogP contribution in [0.5, 0.6) is 0 Å². The van der Waals surface area contributed by atoms with Crippen LogP contribution < -0.4 is 0 Å². The molecule has 0 amide bonds. The molecular weight excluding hydrogens is 232 g/mol. The fourth-order valence-electron chi connectivity index (χ4n) is 1.40. The Morgan fingerprint density at radius 2 is 1.94 bits per heavy atom. The largest absolute Gasteiger partial charge is 0.469 e. The van der Waals surface area contributed by atoms with E-state index in [1.54, 1.807) is 7.11 Å². The molecule has 0 N–H and O–H groups in total. The molecule has 0 aromatic carbocycles. The minimum atomic E-state index is -0.337. The first-order chi connectivity index (χ1) is 8.45. The average molecular weight is 256 g/mol. The fraction of sp³-hybridized carbons (Fsp3) is 0.846. The Hall–Kier alpha value is -1.12. The number of hydrogen-bond acceptors (Lipinski definition) is 5. The molecule has 5 nitrogen and oxygen atoms in total. The van der Waals surface area contributed by atoms with Crippen LogP contribution in [-0.2, 0) is 14.3 Å². The SMILES string of the molecule is COCCN(CCC(=O)OC)CCC(C)(C)C#N. The third-order valence-corrected chi connectivity index (χ3v) is 2.83. The number of ether oxygens (including phenoxy) is 2. The van der Waals surface area contributed by atoms with E-state index >= 15 is 0 Å². The first kappa shape index (κ1) is 16.9. The lowest BCUT2D eigenvalue weighted by atomic mass is 9.91. The van der Waals surface area contributed by atoms with E-state index in [0.29, 0.717) is 19.6 Å². The summed E-state index contributed by atoms with van der Waals surface area (Å²) in [7, 11) is 3.04. The van der Waals surface area contributed by atoms with Gasteiger partial charge in [-0.3, -0.25) is 4.79 Å². The van der Waals surface area contributed by atoms with Crippen LogP contribution in [0.2, 0.25) is 0 Å². The van der Waals surface area contributed by atoms with E-state index in [4.69, 9.17) is 10.00 Å². The number of carbonyl (C=O) groups is 1. The number of methoxy groups -OCH3 is 2. The van der Waals surface area contributed by atoms with Gasteiger partial charge in [0, 0.05) is 20.2 Å². The molecule has 18 heavy (non-hydrogen) atoms. The minimum absolute atomic E-state index is 0.211. The summed E-state index contributed by atoms with van der Waals surface area (Å²) < 4.78 is 9.66. The lowest BCUT2D eigenvalue weighted by molar-refractivity contribution is -0.141. The van der Waals surface area contributed by atoms with Gasteiger partial charge in [-0.2, -0.15) is 5.26 Å². The van der Waals surface area contributed by atoms with Crippen molar-refractivity contribution in [3.63, 3.8) is 0 Å². The normalized spacial score (nSPS) is 11.3. The lowest BCUT2D eigenvalue weighted by Crippen LogP contribution is -2.33. The van der Waals surface area contributed by atoms with Gasteiger partial charge in [0.1, 0.15) is 0 Å². The monoisotopic (exact) mass is 256 g/mol. The van der Waals surface area contributed by atoms with Gasteiger partial charge in [0.2, 0.25) is 0 Å². The topological polar surface area (TPSA) is 62.6 Å². The molecule has 0 aliphatic carbocycles. The predicted molar refractivity (Wildman–Crippen MR) is 69.0 cm³/mol. The molecule has 0 bridgehead atoms. The second kappa shape index (κ2) is 8.90. The molecule has 0 aromatic rings. The van der Waals surface area contributed by atoms with Gasteiger partial charge in [-0.05, 0) is 26.8 Å². The molecule has 0 aliphatic rings. The van der Waals surface area contributed by atoms with Crippen molar-refractivity contribution in [3.8, 4) is 6.07 Å². The molecule has 0 rings (SSSR count). The molecule has 0 saturated carbocycles. The van der Waals surface area contributed by atoms with Gasteiger partial charge in [-0.25, -0.2) is 0 Å². The number of rotatable bonds is 9. The Morgan fingerprint density at radius 1 is 1.28 bits per heavy atom. The second-order valence-electron chi connectivity index (χ2n) is 4.91. The number of nitrogens with zero attached hydrogens (tertiary/aromatic N) is 2. The minimum Gasteiger partial charge on any atom is -0.469 e. The zero-order chi connectivity index (χ0) is 14.0. The number of esters is 1. The van der Waals surface area contributed by atoms with E-state index in [2.05, 4.69) is 15.7 Å². The van der Waals surface area contributed by atoms with Crippen molar-refractivity contribution in [2.75, 3.05) is 40.5 Å². The molecule has 0 aliphatic heterocycles. The molecule has 0 atom stereocenters. The summed E-state index contributed by atoms with van der Waals surface area (Å²) in [5, 5.41) is 8.97. The molecule has 104 valence electrons. The third-order valence-electron chi connectivity index (χ3n) is 2.83. The van der Waals surface area contributed by atoms with Crippen LogP contribution in [0.25, 0.3) is 0 Å². The third kappa shape index (κ3) is 8.04. The maximum Gasteiger partial charge on any atom is 0.306 e. The van der Waals surface area contributed by atoms with Crippen LogP contribution in [0.4, 0.5) is 0 Å². The Morgan fingerprint density at radius 3 is 2.44 bits per heavy atom. The molecule has 0 radical (unpaired) electrons. The van der Waals surface area contributed by atoms with Gasteiger partial charge in [0.05, 0.1) is 31.6 Å². The average Bonchev–Trinajstić information content (AvgIpc) is 2.37. The highest BCUT2D eigenvalue weighted by molar-refractivity contribution is 5.69. The summed E-state index contributed by atoms with van der Waals surface area (Å²) in [6, 6.07) is 2.28.